The molecule has 0 aliphatic heterocycles. The Hall–Kier alpha value is -2.19. The van der Waals surface area contributed by atoms with Crippen LogP contribution in [0.2, 0.25) is 0 Å². The number of ether oxygens (including phenoxy) is 3. The van der Waals surface area contributed by atoms with Gasteiger partial charge in [0.05, 0.1) is 12.2 Å². The van der Waals surface area contributed by atoms with Gasteiger partial charge >= 0.3 is 17.9 Å². The second kappa shape index (κ2) is 12.7. The van der Waals surface area contributed by atoms with Crippen molar-refractivity contribution in [1.29, 1.82) is 0 Å². The Kier molecular flexibility index (Phi) is 9.92. The van der Waals surface area contributed by atoms with Gasteiger partial charge in [0.1, 0.15) is 18.3 Å². The van der Waals surface area contributed by atoms with Gasteiger partial charge in [-0.1, -0.05) is 51.8 Å². The monoisotopic (exact) mass is 602 g/mol. The van der Waals surface area contributed by atoms with Crippen molar-refractivity contribution in [3.05, 3.63) is 23.3 Å². The third kappa shape index (κ3) is 6.20. The average molecular weight is 603 g/mol. The summed E-state index contributed by atoms with van der Waals surface area (Å²) in [6.45, 7) is 16.9. The fourth-order valence-corrected chi connectivity index (χ4v) is 9.99. The fraction of sp³-hybridized carbons (Fsp3) is 0.800. The number of esters is 3. The van der Waals surface area contributed by atoms with Crippen LogP contribution in [0.5, 0.6) is 0 Å². The largest absolute Gasteiger partial charge is 0.459 e. The zero-order valence-electron chi connectivity index (χ0n) is 27.6. The summed E-state index contributed by atoms with van der Waals surface area (Å²) in [6, 6.07) is 0. The minimum atomic E-state index is -0.809. The van der Waals surface area contributed by atoms with Crippen molar-refractivity contribution in [2.24, 2.45) is 46.3 Å². The fourth-order valence-electron chi connectivity index (χ4n) is 9.99. The number of hydrogen-bond acceptors (Lipinski definition) is 8. The summed E-state index contributed by atoms with van der Waals surface area (Å²) in [5.74, 6) is -1.28. The molecular formula is C35H54O8. The molecule has 2 N–H and O–H groups in total. The quantitative estimate of drug-likeness (QED) is 0.211. The molecule has 0 aromatic carbocycles. The third-order valence-corrected chi connectivity index (χ3v) is 11.8. The van der Waals surface area contributed by atoms with Gasteiger partial charge in [-0.05, 0) is 86.0 Å². The van der Waals surface area contributed by atoms with E-state index in [2.05, 4.69) is 40.7 Å². The van der Waals surface area contributed by atoms with E-state index in [1.54, 1.807) is 0 Å². The second-order valence-corrected chi connectivity index (χ2v) is 14.7. The Bertz CT molecular complexity index is 1140. The highest BCUT2D eigenvalue weighted by Crippen LogP contribution is 2.67. The lowest BCUT2D eigenvalue weighted by molar-refractivity contribution is -0.210. The van der Waals surface area contributed by atoms with Gasteiger partial charge in [0.15, 0.2) is 0 Å². The molecule has 0 heterocycles. The molecule has 43 heavy (non-hydrogen) atoms. The molecule has 3 fully saturated rings. The average Bonchev–Trinajstić information content (AvgIpc) is 3.23. The van der Waals surface area contributed by atoms with Gasteiger partial charge in [-0.25, -0.2) is 0 Å². The normalized spacial score (nSPS) is 40.4. The van der Waals surface area contributed by atoms with E-state index in [-0.39, 0.29) is 29.1 Å². The number of rotatable bonds is 8. The molecule has 242 valence electrons. The van der Waals surface area contributed by atoms with Crippen LogP contribution < -0.4 is 0 Å². The molecule has 0 bridgehead atoms. The van der Waals surface area contributed by atoms with E-state index >= 15 is 0 Å². The van der Waals surface area contributed by atoms with Crippen molar-refractivity contribution in [2.45, 2.75) is 131 Å². The van der Waals surface area contributed by atoms with Crippen LogP contribution in [0.25, 0.3) is 0 Å². The van der Waals surface area contributed by atoms with Crippen molar-refractivity contribution in [3.8, 4) is 0 Å². The van der Waals surface area contributed by atoms with Crippen molar-refractivity contribution in [2.75, 3.05) is 0 Å². The standard InChI is InChI=1S/C35H54O8/c1-10-23(18(2)3)15-27(39)19(4)25-11-12-26-24-16-30(42-21(6)37)32-33(43-22(7)38)29(41-20(5)36)13-14-34(32,8)31(24)28(40)17-35(25,26)9/h10,16,18-19,25-33,39-40H,11-15,17H2,1-9H3/b23-10+/t19?,25?,26?,27?,28?,29-,30?,31?,32?,33-,34+,35+/m0/s1. The van der Waals surface area contributed by atoms with E-state index in [1.807, 2.05) is 13.0 Å². The molecule has 8 nitrogen and oxygen atoms in total. The smallest absolute Gasteiger partial charge is 0.303 e. The minimum absolute atomic E-state index is 0.0526. The molecule has 0 saturated heterocycles. The lowest BCUT2D eigenvalue weighted by Gasteiger charge is -2.61. The van der Waals surface area contributed by atoms with Crippen LogP contribution >= 0.6 is 0 Å². The molecule has 8 heteroatoms. The van der Waals surface area contributed by atoms with Crippen LogP contribution in [-0.2, 0) is 28.6 Å². The molecule has 0 aromatic heterocycles. The highest BCUT2D eigenvalue weighted by atomic mass is 16.6. The lowest BCUT2D eigenvalue weighted by atomic mass is 9.45. The van der Waals surface area contributed by atoms with Crippen molar-refractivity contribution >= 4 is 17.9 Å². The molecule has 0 aromatic rings. The Morgan fingerprint density at radius 2 is 1.60 bits per heavy atom. The molecule has 0 radical (unpaired) electrons. The van der Waals surface area contributed by atoms with Crippen LogP contribution in [0, 0.1) is 46.3 Å². The van der Waals surface area contributed by atoms with E-state index in [1.165, 1.54) is 26.3 Å². The summed E-state index contributed by atoms with van der Waals surface area (Å²) in [4.78, 5) is 36.8. The van der Waals surface area contributed by atoms with Gasteiger partial charge < -0.3 is 24.4 Å². The molecule has 4 aliphatic rings. The lowest BCUT2D eigenvalue weighted by Crippen LogP contribution is -2.64. The number of carbonyl (C=O) groups is 3. The molecule has 0 amide bonds. The minimum Gasteiger partial charge on any atom is -0.459 e. The summed E-state index contributed by atoms with van der Waals surface area (Å²) in [6.07, 6.45) is 5.08. The van der Waals surface area contributed by atoms with Crippen LogP contribution in [0.1, 0.15) is 101 Å². The Morgan fingerprint density at radius 1 is 0.977 bits per heavy atom. The van der Waals surface area contributed by atoms with Crippen molar-refractivity contribution in [3.63, 3.8) is 0 Å². The first kappa shape index (κ1) is 33.7. The zero-order chi connectivity index (χ0) is 32.0. The summed E-state index contributed by atoms with van der Waals surface area (Å²) < 4.78 is 17.5. The highest BCUT2D eigenvalue weighted by Gasteiger charge is 2.66. The predicted molar refractivity (Wildman–Crippen MR) is 162 cm³/mol. The number of carbonyl (C=O) groups excluding carboxylic acids is 3. The molecule has 3 saturated carbocycles. The summed E-state index contributed by atoms with van der Waals surface area (Å²) >= 11 is 0. The van der Waals surface area contributed by atoms with Gasteiger partial charge in [0.25, 0.3) is 0 Å². The number of allylic oxidation sites excluding steroid dienone is 1. The first-order chi connectivity index (χ1) is 20.0. The van der Waals surface area contributed by atoms with Gasteiger partial charge in [0, 0.05) is 32.6 Å². The number of hydrogen-bond donors (Lipinski definition) is 2. The highest BCUT2D eigenvalue weighted by molar-refractivity contribution is 5.68. The van der Waals surface area contributed by atoms with Crippen LogP contribution in [0.3, 0.4) is 0 Å². The maximum Gasteiger partial charge on any atom is 0.303 e. The summed E-state index contributed by atoms with van der Waals surface area (Å²) in [5.41, 5.74) is 1.58. The van der Waals surface area contributed by atoms with Gasteiger partial charge in [-0.2, -0.15) is 0 Å². The van der Waals surface area contributed by atoms with Gasteiger partial charge in [-0.15, -0.1) is 0 Å². The topological polar surface area (TPSA) is 119 Å². The Labute approximate surface area is 257 Å². The first-order valence-electron chi connectivity index (χ1n) is 16.3. The Morgan fingerprint density at radius 3 is 2.16 bits per heavy atom. The number of fused-ring (bicyclic) bond motifs is 5. The van der Waals surface area contributed by atoms with Crippen LogP contribution in [0.15, 0.2) is 23.3 Å². The Balaban J connectivity index is 1.74. The van der Waals surface area contributed by atoms with E-state index in [4.69, 9.17) is 14.2 Å². The molecule has 4 rings (SSSR count). The van der Waals surface area contributed by atoms with E-state index < -0.39 is 59.8 Å². The maximum atomic E-state index is 12.4. The van der Waals surface area contributed by atoms with E-state index in [0.29, 0.717) is 31.6 Å². The van der Waals surface area contributed by atoms with Crippen molar-refractivity contribution in [1.82, 2.24) is 0 Å². The predicted octanol–water partition coefficient (Wildman–Crippen LogP) is 5.54. The molecule has 8 unspecified atom stereocenters. The zero-order valence-corrected chi connectivity index (χ0v) is 27.6. The maximum absolute atomic E-state index is 12.4. The van der Waals surface area contributed by atoms with E-state index in [9.17, 15) is 24.6 Å². The molecule has 0 spiro atoms. The summed E-state index contributed by atoms with van der Waals surface area (Å²) in [5, 5.41) is 23.5. The number of aliphatic hydroxyl groups is 2. The SMILES string of the molecule is C/C=C(\CC(O)C(C)C1CCC2C3=CC(OC(C)=O)C4[C@@H](OC(C)=O)[C@@H](OC(C)=O)CC[C@]4(C)C3C(O)C[C@@]21C)C(C)C. The molecule has 4 aliphatic carbocycles. The molecular weight excluding hydrogens is 548 g/mol. The number of aliphatic hydroxyl groups excluding tert-OH is 2. The third-order valence-electron chi connectivity index (χ3n) is 11.8. The van der Waals surface area contributed by atoms with Crippen LogP contribution in [-0.4, -0.2) is 58.6 Å². The van der Waals surface area contributed by atoms with Gasteiger partial charge in [-0.3, -0.25) is 14.4 Å². The summed E-state index contributed by atoms with van der Waals surface area (Å²) in [7, 11) is 0. The second-order valence-electron chi connectivity index (χ2n) is 14.7. The first-order valence-corrected chi connectivity index (χ1v) is 16.3. The van der Waals surface area contributed by atoms with Crippen LogP contribution in [0.4, 0.5) is 0 Å². The van der Waals surface area contributed by atoms with E-state index in [0.717, 1.165) is 18.4 Å². The van der Waals surface area contributed by atoms with Gasteiger partial charge in [0.2, 0.25) is 0 Å². The van der Waals surface area contributed by atoms with Crippen molar-refractivity contribution < 1.29 is 38.8 Å². The molecule has 12 atom stereocenters.